The first-order valence-electron chi connectivity index (χ1n) is 6.22. The Morgan fingerprint density at radius 1 is 1.24 bits per heavy atom. The van der Waals surface area contributed by atoms with Gasteiger partial charge in [0.15, 0.2) is 0 Å². The third-order valence-corrected chi connectivity index (χ3v) is 4.75. The van der Waals surface area contributed by atoms with Crippen molar-refractivity contribution >= 4 is 32.9 Å². The second-order valence-corrected chi connectivity index (χ2v) is 6.28. The highest BCUT2D eigenvalue weighted by molar-refractivity contribution is 7.16. The van der Waals surface area contributed by atoms with E-state index in [0.29, 0.717) is 23.5 Å². The minimum atomic E-state index is -0.0538. The molecule has 0 aromatic carbocycles. The highest BCUT2D eigenvalue weighted by Crippen LogP contribution is 2.23. The molecule has 4 aromatic heterocycles. The lowest BCUT2D eigenvalue weighted by atomic mass is 10.4. The molecule has 0 bridgehead atoms. The van der Waals surface area contributed by atoms with Crippen molar-refractivity contribution in [1.82, 2.24) is 14.5 Å². The van der Waals surface area contributed by atoms with Crippen LogP contribution in [-0.2, 0) is 6.54 Å². The largest absolute Gasteiger partial charge is 0.443 e. The lowest BCUT2D eigenvalue weighted by Crippen LogP contribution is -2.20. The molecule has 0 unspecified atom stereocenters. The molecule has 0 aliphatic rings. The number of hydrogen-bond acceptors (Lipinski definition) is 6. The molecule has 7 heteroatoms. The quantitative estimate of drug-likeness (QED) is 0.582. The molecule has 104 valence electrons. The van der Waals surface area contributed by atoms with Crippen LogP contribution < -0.4 is 5.56 Å². The molecule has 4 rings (SSSR count). The van der Waals surface area contributed by atoms with Gasteiger partial charge in [0.2, 0.25) is 5.89 Å². The molecule has 0 saturated carbocycles. The highest BCUT2D eigenvalue weighted by Gasteiger charge is 2.10. The number of hydrogen-bond donors (Lipinski definition) is 0. The van der Waals surface area contributed by atoms with E-state index in [4.69, 9.17) is 4.42 Å². The molecule has 4 aromatic rings. The van der Waals surface area contributed by atoms with Crippen molar-refractivity contribution in [3.63, 3.8) is 0 Å². The van der Waals surface area contributed by atoms with E-state index in [2.05, 4.69) is 9.97 Å². The van der Waals surface area contributed by atoms with Crippen LogP contribution >= 0.6 is 22.7 Å². The van der Waals surface area contributed by atoms with E-state index >= 15 is 0 Å². The van der Waals surface area contributed by atoms with E-state index in [1.165, 1.54) is 11.3 Å². The van der Waals surface area contributed by atoms with E-state index < -0.39 is 0 Å². The van der Waals surface area contributed by atoms with Crippen molar-refractivity contribution in [2.45, 2.75) is 6.54 Å². The summed E-state index contributed by atoms with van der Waals surface area (Å²) in [6, 6.07) is 5.69. The Labute approximate surface area is 127 Å². The lowest BCUT2D eigenvalue weighted by molar-refractivity contribution is 0.572. The standard InChI is InChI=1S/C14H9N3O2S2/c18-14-10-3-5-21-13(10)15-8-17(14)6-9-7-19-12(16-9)11-2-1-4-20-11/h1-5,7-8H,6H2. The van der Waals surface area contributed by atoms with Crippen LogP contribution in [-0.4, -0.2) is 14.5 Å². The van der Waals surface area contributed by atoms with Crippen LogP contribution in [0.15, 0.2) is 50.8 Å². The first-order chi connectivity index (χ1) is 10.3. The molecule has 0 aliphatic heterocycles. The Morgan fingerprint density at radius 2 is 2.19 bits per heavy atom. The molecule has 21 heavy (non-hydrogen) atoms. The van der Waals surface area contributed by atoms with Crippen molar-refractivity contribution in [3.8, 4) is 10.8 Å². The Balaban J connectivity index is 1.68. The van der Waals surface area contributed by atoms with Crippen molar-refractivity contribution in [3.05, 3.63) is 57.6 Å². The van der Waals surface area contributed by atoms with E-state index in [9.17, 15) is 4.79 Å². The smallest absolute Gasteiger partial charge is 0.262 e. The number of fused-ring (bicyclic) bond motifs is 1. The molecule has 0 spiro atoms. The predicted octanol–water partition coefficient (Wildman–Crippen LogP) is 3.22. The van der Waals surface area contributed by atoms with Crippen LogP contribution in [0.3, 0.4) is 0 Å². The third kappa shape index (κ3) is 2.20. The van der Waals surface area contributed by atoms with Gasteiger partial charge in [-0.1, -0.05) is 6.07 Å². The van der Waals surface area contributed by atoms with Crippen molar-refractivity contribution < 1.29 is 4.42 Å². The summed E-state index contributed by atoms with van der Waals surface area (Å²) >= 11 is 3.03. The van der Waals surface area contributed by atoms with Gasteiger partial charge >= 0.3 is 0 Å². The van der Waals surface area contributed by atoms with Crippen LogP contribution in [0.25, 0.3) is 21.0 Å². The zero-order chi connectivity index (χ0) is 14.2. The molecular weight excluding hydrogens is 306 g/mol. The second kappa shape index (κ2) is 4.94. The maximum Gasteiger partial charge on any atom is 0.262 e. The van der Waals surface area contributed by atoms with E-state index in [-0.39, 0.29) is 5.56 Å². The fraction of sp³-hybridized carbons (Fsp3) is 0.0714. The summed E-state index contributed by atoms with van der Waals surface area (Å²) in [4.78, 5) is 22.7. The summed E-state index contributed by atoms with van der Waals surface area (Å²) in [6.45, 7) is 0.354. The fourth-order valence-corrected chi connectivity index (χ4v) is 3.45. The number of oxazole rings is 1. The van der Waals surface area contributed by atoms with E-state index in [1.54, 1.807) is 34.6 Å². The minimum absolute atomic E-state index is 0.0538. The highest BCUT2D eigenvalue weighted by atomic mass is 32.1. The first kappa shape index (κ1) is 12.5. The van der Waals surface area contributed by atoms with Crippen molar-refractivity contribution in [1.29, 1.82) is 0 Å². The van der Waals surface area contributed by atoms with Crippen LogP contribution in [0.5, 0.6) is 0 Å². The summed E-state index contributed by atoms with van der Waals surface area (Å²) < 4.78 is 7.01. The Hall–Kier alpha value is -2.25. The van der Waals surface area contributed by atoms with Gasteiger partial charge in [-0.25, -0.2) is 9.97 Å². The molecule has 0 saturated heterocycles. The fourth-order valence-electron chi connectivity index (χ4n) is 2.07. The Kier molecular flexibility index (Phi) is 2.94. The van der Waals surface area contributed by atoms with Gasteiger partial charge in [-0.3, -0.25) is 9.36 Å². The first-order valence-corrected chi connectivity index (χ1v) is 7.98. The third-order valence-electron chi connectivity index (χ3n) is 3.07. The Bertz CT molecular complexity index is 950. The van der Waals surface area contributed by atoms with Gasteiger partial charge in [0.05, 0.1) is 28.8 Å². The summed E-state index contributed by atoms with van der Waals surface area (Å²) in [6.07, 6.45) is 3.14. The zero-order valence-electron chi connectivity index (χ0n) is 10.7. The number of aromatic nitrogens is 3. The predicted molar refractivity (Wildman–Crippen MR) is 82.8 cm³/mol. The zero-order valence-corrected chi connectivity index (χ0v) is 12.4. The van der Waals surface area contributed by atoms with Crippen molar-refractivity contribution in [2.24, 2.45) is 0 Å². The van der Waals surface area contributed by atoms with Crippen molar-refractivity contribution in [2.75, 3.05) is 0 Å². The van der Waals surface area contributed by atoms with Gasteiger partial charge in [0.1, 0.15) is 11.1 Å². The molecule has 5 nitrogen and oxygen atoms in total. The van der Waals surface area contributed by atoms with Crippen LogP contribution in [0.1, 0.15) is 5.69 Å². The molecule has 0 atom stereocenters. The van der Waals surface area contributed by atoms with Gasteiger partial charge < -0.3 is 4.42 Å². The SMILES string of the molecule is O=c1c2ccsc2ncn1Cc1coc(-c2cccs2)n1. The number of rotatable bonds is 3. The molecule has 0 amide bonds. The summed E-state index contributed by atoms with van der Waals surface area (Å²) in [5.41, 5.74) is 0.652. The van der Waals surface area contributed by atoms with Crippen LogP contribution in [0, 0.1) is 0 Å². The maximum atomic E-state index is 12.3. The second-order valence-electron chi connectivity index (χ2n) is 4.44. The van der Waals surface area contributed by atoms with Gasteiger partial charge in [-0.2, -0.15) is 0 Å². The number of nitrogens with zero attached hydrogens (tertiary/aromatic N) is 3. The topological polar surface area (TPSA) is 60.9 Å². The average Bonchev–Trinajstić information content (AvgIpc) is 3.21. The molecule has 0 N–H and O–H groups in total. The molecule has 0 fully saturated rings. The molecule has 0 aliphatic carbocycles. The average molecular weight is 315 g/mol. The number of thiophene rings is 2. The van der Waals surface area contributed by atoms with Crippen LogP contribution in [0.4, 0.5) is 0 Å². The Morgan fingerprint density at radius 3 is 3.05 bits per heavy atom. The van der Waals surface area contributed by atoms with E-state index in [0.717, 1.165) is 9.71 Å². The molecule has 4 heterocycles. The van der Waals surface area contributed by atoms with Gasteiger partial charge in [0, 0.05) is 0 Å². The lowest BCUT2D eigenvalue weighted by Gasteiger charge is -2.01. The summed E-state index contributed by atoms with van der Waals surface area (Å²) in [5.74, 6) is 0.581. The van der Waals surface area contributed by atoms with Gasteiger partial charge in [-0.15, -0.1) is 22.7 Å². The van der Waals surface area contributed by atoms with E-state index in [1.807, 2.05) is 22.9 Å². The minimum Gasteiger partial charge on any atom is -0.443 e. The molecule has 0 radical (unpaired) electrons. The maximum absolute atomic E-state index is 12.3. The van der Waals surface area contributed by atoms with Gasteiger partial charge in [0.25, 0.3) is 5.56 Å². The monoisotopic (exact) mass is 315 g/mol. The summed E-state index contributed by atoms with van der Waals surface area (Å²) in [7, 11) is 0. The van der Waals surface area contributed by atoms with Gasteiger partial charge in [-0.05, 0) is 22.9 Å². The normalized spacial score (nSPS) is 11.2. The summed E-state index contributed by atoms with van der Waals surface area (Å²) in [5, 5.41) is 4.48. The molecular formula is C14H9N3O2S2. The van der Waals surface area contributed by atoms with Crippen LogP contribution in [0.2, 0.25) is 0 Å².